The van der Waals surface area contributed by atoms with Crippen molar-refractivity contribution in [2.45, 2.75) is 37.9 Å². The number of benzene rings is 1. The molecule has 1 aliphatic carbocycles. The van der Waals surface area contributed by atoms with Gasteiger partial charge in [0.1, 0.15) is 0 Å². The van der Waals surface area contributed by atoms with Gasteiger partial charge < -0.3 is 11.1 Å². The number of rotatable bonds is 5. The summed E-state index contributed by atoms with van der Waals surface area (Å²) in [5, 5.41) is 3.58. The highest BCUT2D eigenvalue weighted by atomic mass is 16.1. The molecule has 1 saturated carbocycles. The molecule has 1 atom stereocenters. The zero-order valence-corrected chi connectivity index (χ0v) is 11.1. The maximum Gasteiger partial charge on any atom is 0.248 e. The van der Waals surface area contributed by atoms with E-state index in [9.17, 15) is 4.79 Å². The Morgan fingerprint density at radius 1 is 1.37 bits per heavy atom. The van der Waals surface area contributed by atoms with Crippen molar-refractivity contribution in [3.8, 4) is 0 Å². The zero-order chi connectivity index (χ0) is 13.2. The van der Waals surface area contributed by atoms with E-state index in [1.807, 2.05) is 18.2 Å². The van der Waals surface area contributed by atoms with Crippen molar-refractivity contribution < 1.29 is 4.79 Å². The minimum atomic E-state index is -0.359. The van der Waals surface area contributed by atoms with Gasteiger partial charge in [-0.2, -0.15) is 0 Å². The molecular weight excluding hydrogens is 238 g/mol. The maximum absolute atomic E-state index is 11.1. The van der Waals surface area contributed by atoms with Crippen LogP contribution >= 0.6 is 0 Å². The number of hydrogen-bond donors (Lipinski definition) is 2. The molecule has 102 valence electrons. The van der Waals surface area contributed by atoms with E-state index in [-0.39, 0.29) is 5.91 Å². The third kappa shape index (κ3) is 3.14. The molecule has 2 fully saturated rings. The van der Waals surface area contributed by atoms with Crippen molar-refractivity contribution in [1.29, 1.82) is 0 Å². The highest BCUT2D eigenvalue weighted by molar-refractivity contribution is 5.92. The largest absolute Gasteiger partial charge is 0.366 e. The minimum absolute atomic E-state index is 0.359. The Morgan fingerprint density at radius 3 is 2.95 bits per heavy atom. The Bertz CT molecular complexity index is 470. The lowest BCUT2D eigenvalue weighted by Gasteiger charge is -2.16. The number of carbonyl (C=O) groups is 1. The van der Waals surface area contributed by atoms with Gasteiger partial charge in [0, 0.05) is 37.3 Å². The molecule has 0 spiro atoms. The summed E-state index contributed by atoms with van der Waals surface area (Å²) in [4.78, 5) is 13.7. The summed E-state index contributed by atoms with van der Waals surface area (Å²) in [5.41, 5.74) is 7.01. The molecule has 3 N–H and O–H groups in total. The van der Waals surface area contributed by atoms with Crippen LogP contribution < -0.4 is 11.1 Å². The molecule has 1 unspecified atom stereocenters. The molecule has 1 aromatic carbocycles. The second kappa shape index (κ2) is 5.31. The summed E-state index contributed by atoms with van der Waals surface area (Å²) >= 11 is 0. The summed E-state index contributed by atoms with van der Waals surface area (Å²) in [6, 6.07) is 9.01. The predicted octanol–water partition coefficient (Wildman–Crippen LogP) is 1.11. The number of primary amides is 1. The third-order valence-electron chi connectivity index (χ3n) is 4.09. The lowest BCUT2D eigenvalue weighted by molar-refractivity contribution is 0.1000. The van der Waals surface area contributed by atoms with E-state index in [0.717, 1.165) is 18.2 Å². The van der Waals surface area contributed by atoms with E-state index in [1.165, 1.54) is 32.4 Å². The fourth-order valence-corrected chi connectivity index (χ4v) is 2.82. The first-order chi connectivity index (χ1) is 9.22. The van der Waals surface area contributed by atoms with Crippen LogP contribution in [0.2, 0.25) is 0 Å². The van der Waals surface area contributed by atoms with E-state index in [4.69, 9.17) is 5.73 Å². The Balaban J connectivity index is 1.51. The number of hydrogen-bond acceptors (Lipinski definition) is 3. The second-order valence-corrected chi connectivity index (χ2v) is 5.66. The van der Waals surface area contributed by atoms with Gasteiger partial charge in [0.25, 0.3) is 0 Å². The fraction of sp³-hybridized carbons (Fsp3) is 0.533. The lowest BCUT2D eigenvalue weighted by atomic mass is 10.1. The van der Waals surface area contributed by atoms with Gasteiger partial charge in [-0.3, -0.25) is 9.69 Å². The summed E-state index contributed by atoms with van der Waals surface area (Å²) < 4.78 is 0. The summed E-state index contributed by atoms with van der Waals surface area (Å²) in [6.07, 6.45) is 3.99. The Labute approximate surface area is 114 Å². The molecule has 4 nitrogen and oxygen atoms in total. The lowest BCUT2D eigenvalue weighted by Crippen LogP contribution is -2.32. The van der Waals surface area contributed by atoms with Crippen molar-refractivity contribution in [1.82, 2.24) is 10.2 Å². The summed E-state index contributed by atoms with van der Waals surface area (Å²) in [7, 11) is 0. The van der Waals surface area contributed by atoms with Crippen LogP contribution in [0, 0.1) is 0 Å². The standard InChI is InChI=1S/C15H21N3O/c16-15(19)12-3-1-2-11(8-12)9-17-13-6-7-18(10-13)14-4-5-14/h1-3,8,13-14,17H,4-7,9-10H2,(H2,16,19). The molecule has 0 aromatic heterocycles. The Kier molecular flexibility index (Phi) is 3.53. The molecule has 1 amide bonds. The highest BCUT2D eigenvalue weighted by Gasteiger charge is 2.33. The van der Waals surface area contributed by atoms with E-state index < -0.39 is 0 Å². The SMILES string of the molecule is NC(=O)c1cccc(CNC2CCN(C3CC3)C2)c1. The monoisotopic (exact) mass is 259 g/mol. The van der Waals surface area contributed by atoms with Crippen molar-refractivity contribution in [2.75, 3.05) is 13.1 Å². The summed E-state index contributed by atoms with van der Waals surface area (Å²) in [6.45, 7) is 3.20. The van der Waals surface area contributed by atoms with Gasteiger partial charge in [-0.1, -0.05) is 12.1 Å². The van der Waals surface area contributed by atoms with Gasteiger partial charge in [-0.25, -0.2) is 0 Å². The number of amides is 1. The van der Waals surface area contributed by atoms with Crippen LogP contribution in [0.3, 0.4) is 0 Å². The van der Waals surface area contributed by atoms with Gasteiger partial charge >= 0.3 is 0 Å². The molecule has 1 saturated heterocycles. The van der Waals surface area contributed by atoms with Crippen LogP contribution in [0.1, 0.15) is 35.2 Å². The molecule has 4 heteroatoms. The van der Waals surface area contributed by atoms with Gasteiger partial charge in [0.2, 0.25) is 5.91 Å². The normalized spacial score (nSPS) is 23.7. The van der Waals surface area contributed by atoms with Crippen LogP contribution in [0.25, 0.3) is 0 Å². The quantitative estimate of drug-likeness (QED) is 0.833. The number of carbonyl (C=O) groups excluding carboxylic acids is 1. The van der Waals surface area contributed by atoms with Gasteiger partial charge in [0.05, 0.1) is 0 Å². The van der Waals surface area contributed by atoms with E-state index >= 15 is 0 Å². The number of likely N-dealkylation sites (tertiary alicyclic amines) is 1. The van der Waals surface area contributed by atoms with Crippen LogP contribution in [-0.2, 0) is 6.54 Å². The van der Waals surface area contributed by atoms with Crippen molar-refractivity contribution in [2.24, 2.45) is 5.73 Å². The van der Waals surface area contributed by atoms with Crippen LogP contribution in [0.5, 0.6) is 0 Å². The van der Waals surface area contributed by atoms with Crippen molar-refractivity contribution in [3.63, 3.8) is 0 Å². The van der Waals surface area contributed by atoms with Crippen LogP contribution in [-0.4, -0.2) is 36.0 Å². The average molecular weight is 259 g/mol. The predicted molar refractivity (Wildman–Crippen MR) is 74.8 cm³/mol. The second-order valence-electron chi connectivity index (χ2n) is 5.66. The third-order valence-corrected chi connectivity index (χ3v) is 4.09. The molecule has 0 radical (unpaired) electrons. The minimum Gasteiger partial charge on any atom is -0.366 e. The summed E-state index contributed by atoms with van der Waals surface area (Å²) in [5.74, 6) is -0.359. The Hall–Kier alpha value is -1.39. The number of nitrogens with one attached hydrogen (secondary N) is 1. The average Bonchev–Trinajstić information content (AvgIpc) is 3.16. The molecule has 19 heavy (non-hydrogen) atoms. The fourth-order valence-electron chi connectivity index (χ4n) is 2.82. The molecule has 1 aromatic rings. The zero-order valence-electron chi connectivity index (χ0n) is 11.1. The van der Waals surface area contributed by atoms with Gasteiger partial charge in [-0.05, 0) is 37.0 Å². The maximum atomic E-state index is 11.1. The van der Waals surface area contributed by atoms with Crippen LogP contribution in [0.4, 0.5) is 0 Å². The highest BCUT2D eigenvalue weighted by Crippen LogP contribution is 2.29. The number of nitrogens with two attached hydrogens (primary N) is 1. The van der Waals surface area contributed by atoms with Crippen LogP contribution in [0.15, 0.2) is 24.3 Å². The first-order valence-electron chi connectivity index (χ1n) is 7.08. The topological polar surface area (TPSA) is 58.4 Å². The molecule has 3 rings (SSSR count). The molecule has 1 aliphatic heterocycles. The van der Waals surface area contributed by atoms with Crippen molar-refractivity contribution in [3.05, 3.63) is 35.4 Å². The van der Waals surface area contributed by atoms with Gasteiger partial charge in [0.15, 0.2) is 0 Å². The molecule has 2 aliphatic rings. The first kappa shape index (κ1) is 12.6. The molecular formula is C15H21N3O. The first-order valence-corrected chi connectivity index (χ1v) is 7.08. The molecule has 1 heterocycles. The molecule has 0 bridgehead atoms. The van der Waals surface area contributed by atoms with Gasteiger partial charge in [-0.15, -0.1) is 0 Å². The van der Waals surface area contributed by atoms with Crippen molar-refractivity contribution >= 4 is 5.91 Å². The van der Waals surface area contributed by atoms with E-state index in [1.54, 1.807) is 6.07 Å². The smallest absolute Gasteiger partial charge is 0.248 e. The van der Waals surface area contributed by atoms with E-state index in [2.05, 4.69) is 10.2 Å². The Morgan fingerprint density at radius 2 is 2.21 bits per heavy atom. The number of nitrogens with zero attached hydrogens (tertiary/aromatic N) is 1. The van der Waals surface area contributed by atoms with E-state index in [0.29, 0.717) is 11.6 Å².